The molecule has 0 aliphatic heterocycles. The summed E-state index contributed by atoms with van der Waals surface area (Å²) in [5.74, 6) is -2.22. The molecular weight excluding hydrogens is 256 g/mol. The highest BCUT2D eigenvalue weighted by molar-refractivity contribution is 5.98. The third-order valence-electron chi connectivity index (χ3n) is 2.14. The van der Waals surface area contributed by atoms with E-state index in [9.17, 15) is 14.4 Å². The van der Waals surface area contributed by atoms with Crippen LogP contribution in [0.15, 0.2) is 0 Å². The number of Topliss-reactive ketones (excluding diaryl/α,β-unsaturated/α-hetero) is 1. The summed E-state index contributed by atoms with van der Waals surface area (Å²) in [6.45, 7) is 4.41. The van der Waals surface area contributed by atoms with Gasteiger partial charge in [0.25, 0.3) is 0 Å². The number of carbonyl (C=O) groups excluding carboxylic acids is 3. The van der Waals surface area contributed by atoms with Gasteiger partial charge in [0, 0.05) is 7.11 Å². The largest absolute Gasteiger partial charge is 0.460 e. The predicted octanol–water partition coefficient (Wildman–Crippen LogP) is -0.164. The van der Waals surface area contributed by atoms with Crippen molar-refractivity contribution in [2.45, 2.75) is 45.5 Å². The van der Waals surface area contributed by atoms with Crippen LogP contribution in [0.2, 0.25) is 0 Å². The summed E-state index contributed by atoms with van der Waals surface area (Å²) >= 11 is 0. The van der Waals surface area contributed by atoms with Crippen molar-refractivity contribution in [1.29, 1.82) is 0 Å². The zero-order chi connectivity index (χ0) is 15.0. The van der Waals surface area contributed by atoms with Gasteiger partial charge in [0.05, 0.1) is 6.61 Å². The summed E-state index contributed by atoms with van der Waals surface area (Å²) in [6.07, 6.45) is -3.38. The van der Waals surface area contributed by atoms with Gasteiger partial charge in [0.15, 0.2) is 11.9 Å². The number of methoxy groups -OCH3 is 1. The topological polar surface area (TPSA) is 99.1 Å². The molecule has 0 heterocycles. The van der Waals surface area contributed by atoms with E-state index in [1.807, 2.05) is 0 Å². The summed E-state index contributed by atoms with van der Waals surface area (Å²) in [5, 5.41) is 8.92. The fraction of sp³-hybridized carbons (Fsp3) is 0.750. The molecule has 0 aliphatic carbocycles. The van der Waals surface area contributed by atoms with Crippen molar-refractivity contribution < 1.29 is 33.7 Å². The Hall–Kier alpha value is -1.47. The van der Waals surface area contributed by atoms with E-state index in [0.29, 0.717) is 0 Å². The highest BCUT2D eigenvalue weighted by Crippen LogP contribution is 2.03. The summed E-state index contributed by atoms with van der Waals surface area (Å²) in [6, 6.07) is 0. The first-order valence-electron chi connectivity index (χ1n) is 5.87. The van der Waals surface area contributed by atoms with Crippen LogP contribution in [-0.4, -0.2) is 54.9 Å². The highest BCUT2D eigenvalue weighted by Gasteiger charge is 2.23. The first-order valence-corrected chi connectivity index (χ1v) is 5.87. The van der Waals surface area contributed by atoms with Crippen LogP contribution in [0.25, 0.3) is 0 Å². The number of aliphatic hydroxyl groups excluding tert-OH is 1. The summed E-state index contributed by atoms with van der Waals surface area (Å²) in [5.41, 5.74) is 0. The van der Waals surface area contributed by atoms with Gasteiger partial charge in [-0.1, -0.05) is 0 Å². The number of hydrogen-bond donors (Lipinski definition) is 1. The quantitative estimate of drug-likeness (QED) is 0.485. The number of ether oxygens (including phenoxy) is 3. The van der Waals surface area contributed by atoms with Crippen molar-refractivity contribution >= 4 is 17.7 Å². The van der Waals surface area contributed by atoms with Crippen LogP contribution in [0.3, 0.4) is 0 Å². The van der Waals surface area contributed by atoms with Gasteiger partial charge >= 0.3 is 11.9 Å². The monoisotopic (exact) mass is 276 g/mol. The molecule has 0 aromatic carbocycles. The third-order valence-corrected chi connectivity index (χ3v) is 2.14. The van der Waals surface area contributed by atoms with Gasteiger partial charge in [-0.05, 0) is 20.8 Å². The minimum Gasteiger partial charge on any atom is -0.460 e. The van der Waals surface area contributed by atoms with Crippen molar-refractivity contribution in [1.82, 2.24) is 0 Å². The Bertz CT molecular complexity index is 324. The molecule has 0 bridgehead atoms. The normalized spacial score (nSPS) is 15.2. The summed E-state index contributed by atoms with van der Waals surface area (Å²) < 4.78 is 14.3. The van der Waals surface area contributed by atoms with Gasteiger partial charge in [-0.25, -0.2) is 4.79 Å². The molecule has 0 saturated carbocycles. The Labute approximate surface area is 111 Å². The van der Waals surface area contributed by atoms with Crippen molar-refractivity contribution in [3.8, 4) is 0 Å². The summed E-state index contributed by atoms with van der Waals surface area (Å²) in [4.78, 5) is 34.0. The van der Waals surface area contributed by atoms with Crippen LogP contribution < -0.4 is 0 Å². The van der Waals surface area contributed by atoms with Crippen LogP contribution in [0.1, 0.15) is 27.2 Å². The van der Waals surface area contributed by atoms with E-state index in [1.54, 1.807) is 6.92 Å². The van der Waals surface area contributed by atoms with Crippen molar-refractivity contribution in [3.05, 3.63) is 0 Å². The fourth-order valence-corrected chi connectivity index (χ4v) is 1.16. The first kappa shape index (κ1) is 17.5. The maximum atomic E-state index is 11.6. The van der Waals surface area contributed by atoms with E-state index in [-0.39, 0.29) is 6.61 Å². The zero-order valence-corrected chi connectivity index (χ0v) is 11.5. The zero-order valence-electron chi connectivity index (χ0n) is 11.5. The number of aliphatic hydroxyl groups is 1. The molecule has 0 radical (unpaired) electrons. The second-order valence-corrected chi connectivity index (χ2v) is 4.15. The lowest BCUT2D eigenvalue weighted by atomic mass is 10.2. The Morgan fingerprint density at radius 2 is 1.68 bits per heavy atom. The molecule has 7 nitrogen and oxygen atoms in total. The lowest BCUT2D eigenvalue weighted by Crippen LogP contribution is -2.31. The van der Waals surface area contributed by atoms with Gasteiger partial charge < -0.3 is 19.3 Å². The van der Waals surface area contributed by atoms with Gasteiger partial charge in [-0.15, -0.1) is 0 Å². The van der Waals surface area contributed by atoms with E-state index in [2.05, 4.69) is 4.74 Å². The molecule has 1 N–H and O–H groups in total. The van der Waals surface area contributed by atoms with Crippen molar-refractivity contribution in [2.24, 2.45) is 0 Å². The van der Waals surface area contributed by atoms with Gasteiger partial charge in [0.1, 0.15) is 18.6 Å². The molecule has 0 amide bonds. The molecule has 110 valence electrons. The molecular formula is C12H20O7. The number of ketones is 1. The maximum Gasteiger partial charge on any atom is 0.335 e. The molecule has 3 unspecified atom stereocenters. The minimum absolute atomic E-state index is 0.229. The number of carbonyl (C=O) groups is 3. The van der Waals surface area contributed by atoms with E-state index in [4.69, 9.17) is 14.6 Å². The molecule has 0 saturated heterocycles. The molecule has 0 fully saturated rings. The van der Waals surface area contributed by atoms with Crippen molar-refractivity contribution in [2.75, 3.05) is 13.7 Å². The van der Waals surface area contributed by atoms with E-state index in [1.165, 1.54) is 21.0 Å². The van der Waals surface area contributed by atoms with E-state index in [0.717, 1.165) is 0 Å². The van der Waals surface area contributed by atoms with Crippen LogP contribution in [0, 0.1) is 0 Å². The molecule has 19 heavy (non-hydrogen) atoms. The Kier molecular flexibility index (Phi) is 7.94. The number of hydrogen-bond acceptors (Lipinski definition) is 7. The molecule has 0 aromatic heterocycles. The minimum atomic E-state index is -1.32. The molecule has 3 atom stereocenters. The summed E-state index contributed by atoms with van der Waals surface area (Å²) in [7, 11) is 1.47. The van der Waals surface area contributed by atoms with E-state index < -0.39 is 42.5 Å². The number of esters is 2. The van der Waals surface area contributed by atoms with Crippen molar-refractivity contribution in [3.63, 3.8) is 0 Å². The highest BCUT2D eigenvalue weighted by atomic mass is 16.6. The molecule has 0 aliphatic rings. The van der Waals surface area contributed by atoms with Gasteiger partial charge in [-0.2, -0.15) is 0 Å². The smallest absolute Gasteiger partial charge is 0.335 e. The van der Waals surface area contributed by atoms with Crippen LogP contribution in [-0.2, 0) is 28.6 Å². The first-order chi connectivity index (χ1) is 8.77. The van der Waals surface area contributed by atoms with Crippen LogP contribution in [0.4, 0.5) is 0 Å². The fourth-order valence-electron chi connectivity index (χ4n) is 1.16. The molecule has 0 spiro atoms. The van der Waals surface area contributed by atoms with Gasteiger partial charge in [-0.3, -0.25) is 9.59 Å². The Morgan fingerprint density at radius 1 is 1.11 bits per heavy atom. The molecule has 0 aromatic rings. The second-order valence-electron chi connectivity index (χ2n) is 4.15. The van der Waals surface area contributed by atoms with Crippen LogP contribution in [0.5, 0.6) is 0 Å². The average Bonchev–Trinajstić information content (AvgIpc) is 2.28. The van der Waals surface area contributed by atoms with Gasteiger partial charge in [0.2, 0.25) is 0 Å². The van der Waals surface area contributed by atoms with Crippen LogP contribution >= 0.6 is 0 Å². The number of rotatable bonds is 8. The second kappa shape index (κ2) is 8.60. The third kappa shape index (κ3) is 7.53. The average molecular weight is 276 g/mol. The SMILES string of the molecule is COCC(C)OC(=O)CC(=O)C(C)OC(=O)C(C)O. The standard InChI is InChI=1S/C12H20O7/c1-7(6-17-4)18-11(15)5-10(14)9(3)19-12(16)8(2)13/h7-9,13H,5-6H2,1-4H3. The Morgan fingerprint density at radius 3 is 2.16 bits per heavy atom. The Balaban J connectivity index is 4.15. The maximum absolute atomic E-state index is 11.6. The van der Waals surface area contributed by atoms with E-state index >= 15 is 0 Å². The lowest BCUT2D eigenvalue weighted by Gasteiger charge is -2.15. The molecule has 7 heteroatoms. The lowest BCUT2D eigenvalue weighted by molar-refractivity contribution is -0.164. The predicted molar refractivity (Wildman–Crippen MR) is 64.3 cm³/mol. The molecule has 0 rings (SSSR count).